The van der Waals surface area contributed by atoms with Gasteiger partial charge in [0.1, 0.15) is 5.41 Å². The number of nitrogens with zero attached hydrogens (tertiary/aromatic N) is 3. The average molecular weight is 256 g/mol. The Morgan fingerprint density at radius 3 is 2.82 bits per heavy atom. The monoisotopic (exact) mass is 256 g/mol. The van der Waals surface area contributed by atoms with Crippen LogP contribution >= 0.6 is 11.3 Å². The Morgan fingerprint density at radius 2 is 2.35 bits per heavy atom. The lowest BCUT2D eigenvalue weighted by Crippen LogP contribution is -2.46. The lowest BCUT2D eigenvalue weighted by Gasteiger charge is -2.27. The van der Waals surface area contributed by atoms with E-state index in [4.69, 9.17) is 10.9 Å². The molecule has 1 amide bonds. The SMILES string of the molecule is CN(Cc1cscn1)C(=O)C(C)(C)C(N)=NO. The number of carbonyl (C=O) groups is 1. The molecule has 0 saturated carbocycles. The molecular formula is C10H16N4O2S. The maximum absolute atomic E-state index is 12.1. The van der Waals surface area contributed by atoms with E-state index in [0.29, 0.717) is 6.54 Å². The van der Waals surface area contributed by atoms with Gasteiger partial charge in [0.2, 0.25) is 5.91 Å². The fourth-order valence-corrected chi connectivity index (χ4v) is 1.89. The second-order valence-corrected chi connectivity index (χ2v) is 4.97. The van der Waals surface area contributed by atoms with Crippen molar-refractivity contribution in [3.05, 3.63) is 16.6 Å². The molecule has 0 radical (unpaired) electrons. The quantitative estimate of drug-likeness (QED) is 0.362. The molecule has 0 atom stereocenters. The molecule has 6 nitrogen and oxygen atoms in total. The Morgan fingerprint density at radius 1 is 1.71 bits per heavy atom. The molecule has 0 bridgehead atoms. The van der Waals surface area contributed by atoms with E-state index in [-0.39, 0.29) is 11.7 Å². The first-order valence-corrected chi connectivity index (χ1v) is 5.94. The van der Waals surface area contributed by atoms with E-state index in [2.05, 4.69) is 10.1 Å². The summed E-state index contributed by atoms with van der Waals surface area (Å²) in [6.07, 6.45) is 0. The van der Waals surface area contributed by atoms with Gasteiger partial charge in [-0.05, 0) is 13.8 Å². The fourth-order valence-electron chi connectivity index (χ4n) is 1.34. The minimum atomic E-state index is -1.03. The van der Waals surface area contributed by atoms with E-state index < -0.39 is 5.41 Å². The second kappa shape index (κ2) is 5.13. The highest BCUT2D eigenvalue weighted by Crippen LogP contribution is 2.19. The molecule has 0 aliphatic heterocycles. The number of rotatable bonds is 4. The van der Waals surface area contributed by atoms with Crippen molar-refractivity contribution in [1.29, 1.82) is 0 Å². The zero-order chi connectivity index (χ0) is 13.1. The molecule has 1 heterocycles. The minimum absolute atomic E-state index is 0.104. The Hall–Kier alpha value is -1.63. The van der Waals surface area contributed by atoms with Gasteiger partial charge in [-0.2, -0.15) is 0 Å². The number of thiazole rings is 1. The number of amidine groups is 1. The van der Waals surface area contributed by atoms with E-state index in [0.717, 1.165) is 5.69 Å². The topological polar surface area (TPSA) is 91.8 Å². The van der Waals surface area contributed by atoms with Crippen molar-refractivity contribution >= 4 is 23.1 Å². The number of aromatic nitrogens is 1. The Kier molecular flexibility index (Phi) is 4.06. The van der Waals surface area contributed by atoms with Crippen LogP contribution in [-0.4, -0.2) is 33.9 Å². The van der Waals surface area contributed by atoms with Crippen LogP contribution in [0.15, 0.2) is 16.0 Å². The van der Waals surface area contributed by atoms with Crippen molar-refractivity contribution in [2.75, 3.05) is 7.05 Å². The van der Waals surface area contributed by atoms with E-state index >= 15 is 0 Å². The van der Waals surface area contributed by atoms with E-state index in [1.807, 2.05) is 5.38 Å². The molecule has 7 heteroatoms. The van der Waals surface area contributed by atoms with Crippen molar-refractivity contribution in [2.45, 2.75) is 20.4 Å². The van der Waals surface area contributed by atoms with Gasteiger partial charge in [-0.15, -0.1) is 11.3 Å². The van der Waals surface area contributed by atoms with Crippen LogP contribution in [0.25, 0.3) is 0 Å². The maximum atomic E-state index is 12.1. The maximum Gasteiger partial charge on any atom is 0.236 e. The van der Waals surface area contributed by atoms with E-state index in [1.54, 1.807) is 26.4 Å². The first-order valence-electron chi connectivity index (χ1n) is 5.00. The van der Waals surface area contributed by atoms with Gasteiger partial charge in [-0.1, -0.05) is 5.16 Å². The smallest absolute Gasteiger partial charge is 0.236 e. The zero-order valence-electron chi connectivity index (χ0n) is 10.0. The number of hydrogen-bond donors (Lipinski definition) is 2. The summed E-state index contributed by atoms with van der Waals surface area (Å²) < 4.78 is 0. The first kappa shape index (κ1) is 13.4. The van der Waals surface area contributed by atoms with Gasteiger partial charge in [-0.25, -0.2) is 4.98 Å². The Labute approximate surface area is 104 Å². The van der Waals surface area contributed by atoms with Crippen LogP contribution in [0.4, 0.5) is 0 Å². The molecular weight excluding hydrogens is 240 g/mol. The van der Waals surface area contributed by atoms with Gasteiger partial charge < -0.3 is 15.8 Å². The summed E-state index contributed by atoms with van der Waals surface area (Å²) in [7, 11) is 1.66. The number of oxime groups is 1. The number of carbonyl (C=O) groups excluding carboxylic acids is 1. The van der Waals surface area contributed by atoms with Crippen molar-refractivity contribution in [3.8, 4) is 0 Å². The molecule has 0 unspecified atom stereocenters. The standard InChI is InChI=1S/C10H16N4O2S/c1-10(2,8(11)13-16)9(15)14(3)4-7-5-17-6-12-7/h5-6,16H,4H2,1-3H3,(H2,11,13). The molecule has 1 rings (SSSR count). The third kappa shape index (κ3) is 2.94. The van der Waals surface area contributed by atoms with E-state index in [1.165, 1.54) is 16.2 Å². The van der Waals surface area contributed by atoms with Crippen LogP contribution in [0.3, 0.4) is 0 Å². The summed E-state index contributed by atoms with van der Waals surface area (Å²) in [6.45, 7) is 3.63. The van der Waals surface area contributed by atoms with Crippen molar-refractivity contribution in [2.24, 2.45) is 16.3 Å². The van der Waals surface area contributed by atoms with E-state index in [9.17, 15) is 4.79 Å². The van der Waals surface area contributed by atoms with Crippen molar-refractivity contribution in [1.82, 2.24) is 9.88 Å². The van der Waals surface area contributed by atoms with Crippen LogP contribution < -0.4 is 5.73 Å². The summed E-state index contributed by atoms with van der Waals surface area (Å²) in [5, 5.41) is 13.4. The number of nitrogens with two attached hydrogens (primary N) is 1. The van der Waals surface area contributed by atoms with Crippen LogP contribution in [0.2, 0.25) is 0 Å². The van der Waals surface area contributed by atoms with Gasteiger partial charge in [0, 0.05) is 12.4 Å². The number of hydrogen-bond acceptors (Lipinski definition) is 5. The molecule has 0 spiro atoms. The van der Waals surface area contributed by atoms with Gasteiger partial charge in [-0.3, -0.25) is 4.79 Å². The lowest BCUT2D eigenvalue weighted by molar-refractivity contribution is -0.136. The highest BCUT2D eigenvalue weighted by molar-refractivity contribution is 7.07. The summed E-state index contributed by atoms with van der Waals surface area (Å²) in [5.74, 6) is -0.326. The molecule has 1 aromatic rings. The molecule has 0 aliphatic rings. The third-order valence-electron chi connectivity index (χ3n) is 2.51. The fraction of sp³-hybridized carbons (Fsp3) is 0.500. The summed E-state index contributed by atoms with van der Waals surface area (Å²) in [6, 6.07) is 0. The van der Waals surface area contributed by atoms with Crippen LogP contribution in [0.1, 0.15) is 19.5 Å². The molecule has 3 N–H and O–H groups in total. The zero-order valence-corrected chi connectivity index (χ0v) is 10.9. The Balaban J connectivity index is 2.76. The van der Waals surface area contributed by atoms with Gasteiger partial charge in [0.05, 0.1) is 17.7 Å². The van der Waals surface area contributed by atoms with Gasteiger partial charge >= 0.3 is 0 Å². The molecule has 0 saturated heterocycles. The van der Waals surface area contributed by atoms with Crippen molar-refractivity contribution in [3.63, 3.8) is 0 Å². The summed E-state index contributed by atoms with van der Waals surface area (Å²) in [4.78, 5) is 17.7. The molecule has 1 aromatic heterocycles. The van der Waals surface area contributed by atoms with Crippen LogP contribution in [0, 0.1) is 5.41 Å². The van der Waals surface area contributed by atoms with Crippen molar-refractivity contribution < 1.29 is 10.0 Å². The average Bonchev–Trinajstić information content (AvgIpc) is 2.79. The predicted octanol–water partition coefficient (Wildman–Crippen LogP) is 0.874. The van der Waals surface area contributed by atoms with Gasteiger partial charge in [0.15, 0.2) is 5.84 Å². The first-order chi connectivity index (χ1) is 7.89. The molecule has 0 aromatic carbocycles. The summed E-state index contributed by atoms with van der Waals surface area (Å²) in [5.41, 5.74) is 7.00. The van der Waals surface area contributed by atoms with Crippen LogP contribution in [-0.2, 0) is 11.3 Å². The second-order valence-electron chi connectivity index (χ2n) is 4.25. The minimum Gasteiger partial charge on any atom is -0.409 e. The molecule has 17 heavy (non-hydrogen) atoms. The highest BCUT2D eigenvalue weighted by Gasteiger charge is 2.35. The largest absolute Gasteiger partial charge is 0.409 e. The predicted molar refractivity (Wildman–Crippen MR) is 65.8 cm³/mol. The number of amides is 1. The highest BCUT2D eigenvalue weighted by atomic mass is 32.1. The molecule has 94 valence electrons. The third-order valence-corrected chi connectivity index (χ3v) is 3.15. The van der Waals surface area contributed by atoms with Crippen LogP contribution in [0.5, 0.6) is 0 Å². The summed E-state index contributed by atoms with van der Waals surface area (Å²) >= 11 is 1.47. The Bertz CT molecular complexity index is 414. The molecule has 0 aliphatic carbocycles. The lowest BCUT2D eigenvalue weighted by atomic mass is 9.90. The molecule has 0 fully saturated rings. The normalized spacial score (nSPS) is 12.5. The van der Waals surface area contributed by atoms with Gasteiger partial charge in [0.25, 0.3) is 0 Å².